The molecule has 0 fully saturated rings. The number of para-hydroxylation sites is 4. The molecule has 0 aliphatic heterocycles. The molecule has 0 bridgehead atoms. The van der Waals surface area contributed by atoms with Gasteiger partial charge in [0.15, 0.2) is 0 Å². The van der Waals surface area contributed by atoms with Gasteiger partial charge in [0, 0.05) is 102 Å². The lowest BCUT2D eigenvalue weighted by Gasteiger charge is -2.29. The van der Waals surface area contributed by atoms with Crippen molar-refractivity contribution in [3.8, 4) is 66.8 Å². The van der Waals surface area contributed by atoms with Gasteiger partial charge in [-0.05, 0) is 284 Å². The topological polar surface area (TPSA) is 19.4 Å². The molecule has 0 N–H and O–H groups in total. The van der Waals surface area contributed by atoms with Crippen molar-refractivity contribution in [1.82, 2.24) is 0 Å². The molecule has 22 aromatic carbocycles. The number of rotatable bonds is 24. The fourth-order valence-corrected chi connectivity index (χ4v) is 18.2. The van der Waals surface area contributed by atoms with Crippen molar-refractivity contribution in [3.05, 3.63) is 570 Å². The van der Waals surface area contributed by atoms with Crippen LogP contribution in [-0.2, 0) is 0 Å². The van der Waals surface area contributed by atoms with E-state index in [0.717, 1.165) is 125 Å². The molecule has 134 heavy (non-hydrogen) atoms. The fourth-order valence-electron chi connectivity index (χ4n) is 18.2. The summed E-state index contributed by atoms with van der Waals surface area (Å²) in [5.41, 5.74) is 33.9. The van der Waals surface area contributed by atoms with Crippen molar-refractivity contribution in [2.45, 2.75) is 0 Å². The Hall–Kier alpha value is -17.8. The van der Waals surface area contributed by atoms with Gasteiger partial charge in [-0.3, -0.25) is 0 Å². The maximum atomic E-state index is 2.35. The van der Waals surface area contributed by atoms with Crippen molar-refractivity contribution in [3.63, 3.8) is 0 Å². The summed E-state index contributed by atoms with van der Waals surface area (Å²) in [6.45, 7) is 0. The summed E-state index contributed by atoms with van der Waals surface area (Å²) in [7, 11) is 0. The maximum Gasteiger partial charge on any atom is 0.0540 e. The molecule has 0 heterocycles. The smallest absolute Gasteiger partial charge is 0.0540 e. The number of hydrogen-bond acceptors (Lipinski definition) is 6. The lowest BCUT2D eigenvalue weighted by molar-refractivity contribution is 1.26. The second-order valence-electron chi connectivity index (χ2n) is 33.2. The van der Waals surface area contributed by atoms with Gasteiger partial charge in [0.2, 0.25) is 0 Å². The van der Waals surface area contributed by atoms with E-state index in [1.165, 1.54) is 66.1 Å². The van der Waals surface area contributed by atoms with Gasteiger partial charge in [-0.1, -0.05) is 364 Å². The van der Waals surface area contributed by atoms with Crippen LogP contribution < -0.4 is 29.4 Å². The SMILES string of the molecule is c1ccc(-c2ccc(N(c3ccc(-c4ccccc4)cc3)c3ccc(-c4ccc(N(c5ccc(-c6ccccc6)cc5)c5ccc(-c6ccccc6)cc5)cc4)cc3)cc2)cc1.c1ccc(N(c2ccc(-c3ccc(N(c4ccccc4)c4ccc(N(c5ccccc5)c5cccc6ccccc56)cc4)cc3)cc2)c2ccc(N(c3ccccc3)c3cccc4ccccc34)cc2)cc1. The Bertz CT molecular complexity index is 6960. The van der Waals surface area contributed by atoms with E-state index in [0.29, 0.717) is 0 Å². The third kappa shape index (κ3) is 18.1. The van der Waals surface area contributed by atoms with E-state index in [9.17, 15) is 0 Å². The zero-order valence-corrected chi connectivity index (χ0v) is 74.0. The number of nitrogens with zero attached hydrogens (tertiary/aromatic N) is 6. The Labute approximate surface area is 784 Å². The van der Waals surface area contributed by atoms with E-state index in [4.69, 9.17) is 0 Å². The minimum atomic E-state index is 1.07. The molecule has 0 radical (unpaired) electrons. The van der Waals surface area contributed by atoms with Crippen LogP contribution >= 0.6 is 0 Å². The molecule has 0 aliphatic carbocycles. The Morgan fingerprint density at radius 1 is 0.0821 bits per heavy atom. The summed E-state index contributed by atoms with van der Waals surface area (Å²) in [5, 5.41) is 4.83. The van der Waals surface area contributed by atoms with Crippen LogP contribution in [0.25, 0.3) is 88.3 Å². The second-order valence-corrected chi connectivity index (χ2v) is 33.2. The third-order valence-electron chi connectivity index (χ3n) is 24.9. The molecule has 0 saturated carbocycles. The molecule has 6 heteroatoms. The fraction of sp³-hybridized carbons (Fsp3) is 0. The maximum absolute atomic E-state index is 2.35. The summed E-state index contributed by atoms with van der Waals surface area (Å²) in [4.78, 5) is 14.0. The highest BCUT2D eigenvalue weighted by Gasteiger charge is 2.23. The third-order valence-corrected chi connectivity index (χ3v) is 24.9. The van der Waals surface area contributed by atoms with Crippen molar-refractivity contribution in [2.24, 2.45) is 0 Å². The first-order valence-electron chi connectivity index (χ1n) is 45.7. The first-order valence-corrected chi connectivity index (χ1v) is 45.7. The predicted octanol–water partition coefficient (Wildman–Crippen LogP) is 36.5. The normalized spacial score (nSPS) is 11.0. The number of anilines is 18. The standard InChI is InChI=1S/C68H50N4.C60H44N2/c1-5-23-55(24-6-1)69(61-43-47-63(48-44-61)71(57-27-9-3-10-28-57)67-33-17-21-53-19-13-15-31-65(53)67)59-39-35-51(36-40-59)52-37-41-60(42-38-52)70(56-25-7-2-8-26-56)62-45-49-64(50-46-62)72(58-29-11-4-12-30-58)68-34-18-22-54-20-14-16-32-66(54)68;1-5-13-45(14-6-1)49-21-33-55(34-22-49)61(56-35-23-50(24-36-56)46-15-7-2-8-16-46)59-41-29-53(30-42-59)54-31-43-60(44-32-54)62(57-37-25-51(26-38-57)47-17-9-3-10-18-47)58-39-27-52(28-40-58)48-19-11-4-12-20-48/h1-50H;1-44H. The number of fused-ring (bicyclic) bond motifs is 2. The molecule has 636 valence electrons. The van der Waals surface area contributed by atoms with E-state index in [1.807, 2.05) is 0 Å². The zero-order chi connectivity index (χ0) is 89.6. The average molecular weight is 1720 g/mol. The summed E-state index contributed by atoms with van der Waals surface area (Å²) in [6.07, 6.45) is 0. The van der Waals surface area contributed by atoms with Crippen LogP contribution in [0.2, 0.25) is 0 Å². The monoisotopic (exact) mass is 1710 g/mol. The largest absolute Gasteiger partial charge is 0.311 e. The Kier molecular flexibility index (Phi) is 24.2. The molecule has 22 rings (SSSR count). The molecule has 0 aromatic heterocycles. The minimum absolute atomic E-state index is 1.07. The quantitative estimate of drug-likeness (QED) is 0.0596. The summed E-state index contributed by atoms with van der Waals surface area (Å²) in [6, 6.07) is 204. The second kappa shape index (κ2) is 39.0. The molecule has 0 unspecified atom stereocenters. The van der Waals surface area contributed by atoms with E-state index in [-0.39, 0.29) is 0 Å². The molecule has 0 amide bonds. The summed E-state index contributed by atoms with van der Waals surface area (Å²) < 4.78 is 0. The first-order chi connectivity index (χ1) is 66.5. The van der Waals surface area contributed by atoms with Gasteiger partial charge in [-0.15, -0.1) is 0 Å². The number of benzene rings is 22. The molecular formula is C128H94N6. The average Bonchev–Trinajstić information content (AvgIpc) is 0.771. The van der Waals surface area contributed by atoms with Crippen molar-refractivity contribution in [1.29, 1.82) is 0 Å². The highest BCUT2D eigenvalue weighted by molar-refractivity contribution is 6.01. The molecule has 0 aliphatic rings. The van der Waals surface area contributed by atoms with Crippen molar-refractivity contribution in [2.75, 3.05) is 29.4 Å². The van der Waals surface area contributed by atoms with Crippen LogP contribution in [0.5, 0.6) is 0 Å². The van der Waals surface area contributed by atoms with Crippen LogP contribution in [0.15, 0.2) is 570 Å². The summed E-state index contributed by atoms with van der Waals surface area (Å²) >= 11 is 0. The molecule has 22 aromatic rings. The first kappa shape index (κ1) is 83.1. The van der Waals surface area contributed by atoms with Crippen LogP contribution in [0, 0.1) is 0 Å². The van der Waals surface area contributed by atoms with Gasteiger partial charge in [0.25, 0.3) is 0 Å². The molecular weight excluding hydrogens is 1620 g/mol. The van der Waals surface area contributed by atoms with E-state index >= 15 is 0 Å². The summed E-state index contributed by atoms with van der Waals surface area (Å²) in [5.74, 6) is 0. The van der Waals surface area contributed by atoms with Crippen LogP contribution in [0.4, 0.5) is 102 Å². The zero-order valence-electron chi connectivity index (χ0n) is 74.0. The van der Waals surface area contributed by atoms with Crippen LogP contribution in [0.1, 0.15) is 0 Å². The molecule has 0 saturated heterocycles. The minimum Gasteiger partial charge on any atom is -0.311 e. The lowest BCUT2D eigenvalue weighted by Crippen LogP contribution is -2.12. The molecule has 6 nitrogen and oxygen atoms in total. The van der Waals surface area contributed by atoms with Crippen molar-refractivity contribution >= 4 is 124 Å². The van der Waals surface area contributed by atoms with E-state index in [2.05, 4.69) is 600 Å². The highest BCUT2D eigenvalue weighted by Crippen LogP contribution is 2.47. The van der Waals surface area contributed by atoms with Gasteiger partial charge in [-0.25, -0.2) is 0 Å². The van der Waals surface area contributed by atoms with Gasteiger partial charge in [-0.2, -0.15) is 0 Å². The van der Waals surface area contributed by atoms with Gasteiger partial charge < -0.3 is 29.4 Å². The van der Waals surface area contributed by atoms with E-state index < -0.39 is 0 Å². The Balaban J connectivity index is 0.000000163. The van der Waals surface area contributed by atoms with Gasteiger partial charge >= 0.3 is 0 Å². The van der Waals surface area contributed by atoms with Crippen LogP contribution in [-0.4, -0.2) is 0 Å². The Morgan fingerprint density at radius 2 is 0.209 bits per heavy atom. The van der Waals surface area contributed by atoms with Gasteiger partial charge in [0.05, 0.1) is 11.4 Å². The van der Waals surface area contributed by atoms with Crippen LogP contribution in [0.3, 0.4) is 0 Å². The van der Waals surface area contributed by atoms with E-state index in [1.54, 1.807) is 0 Å². The number of hydrogen-bond donors (Lipinski definition) is 0. The highest BCUT2D eigenvalue weighted by atomic mass is 15.2. The predicted molar refractivity (Wildman–Crippen MR) is 569 cm³/mol. The Morgan fingerprint density at radius 3 is 0.403 bits per heavy atom. The lowest BCUT2D eigenvalue weighted by atomic mass is 10.0. The van der Waals surface area contributed by atoms with Gasteiger partial charge in [0.1, 0.15) is 0 Å². The van der Waals surface area contributed by atoms with Crippen molar-refractivity contribution < 1.29 is 0 Å². The molecule has 0 atom stereocenters. The molecule has 0 spiro atoms.